The van der Waals surface area contributed by atoms with Crippen LogP contribution in [0, 0.1) is 0 Å². The van der Waals surface area contributed by atoms with Gasteiger partial charge < -0.3 is 14.6 Å². The summed E-state index contributed by atoms with van der Waals surface area (Å²) in [7, 11) is 2.07. The second kappa shape index (κ2) is 6.05. The Hall–Kier alpha value is -1.88. The average Bonchev–Trinajstić information content (AvgIpc) is 3.12. The molecular weight excluding hydrogens is 252 g/mol. The van der Waals surface area contributed by atoms with Gasteiger partial charge in [-0.2, -0.15) is 0 Å². The van der Waals surface area contributed by atoms with Crippen LogP contribution < -0.4 is 5.32 Å². The zero-order chi connectivity index (χ0) is 13.8. The molecule has 0 aromatic carbocycles. The maximum Gasteiger partial charge on any atom is 0.129 e. The van der Waals surface area contributed by atoms with E-state index in [2.05, 4.69) is 45.2 Å². The summed E-state index contributed by atoms with van der Waals surface area (Å²) < 4.78 is 7.55. The number of hydrogen-bond acceptors (Lipinski definition) is 4. The second-order valence-electron chi connectivity index (χ2n) is 5.18. The largest absolute Gasteiger partial charge is 0.381 e. The van der Waals surface area contributed by atoms with Crippen LogP contribution in [0.5, 0.6) is 0 Å². The maximum atomic E-state index is 5.41. The molecule has 5 nitrogen and oxygen atoms in total. The van der Waals surface area contributed by atoms with E-state index < -0.39 is 0 Å². The van der Waals surface area contributed by atoms with Crippen LogP contribution in [0.25, 0.3) is 0 Å². The van der Waals surface area contributed by atoms with Crippen molar-refractivity contribution in [2.24, 2.45) is 7.05 Å². The van der Waals surface area contributed by atoms with E-state index in [-0.39, 0.29) is 0 Å². The van der Waals surface area contributed by atoms with Crippen LogP contribution in [0.3, 0.4) is 0 Å². The van der Waals surface area contributed by atoms with Gasteiger partial charge in [-0.3, -0.25) is 0 Å². The lowest BCUT2D eigenvalue weighted by Crippen LogP contribution is -2.10. The fourth-order valence-electron chi connectivity index (χ4n) is 2.53. The first-order valence-corrected chi connectivity index (χ1v) is 7.06. The number of hydrogen-bond donors (Lipinski definition) is 1. The molecule has 3 heterocycles. The van der Waals surface area contributed by atoms with E-state index in [4.69, 9.17) is 4.74 Å². The van der Waals surface area contributed by atoms with Crippen molar-refractivity contribution < 1.29 is 4.74 Å². The lowest BCUT2D eigenvalue weighted by molar-refractivity contribution is 0.193. The van der Waals surface area contributed by atoms with Crippen LogP contribution in [0.2, 0.25) is 0 Å². The molecule has 0 radical (unpaired) electrons. The Balaban J connectivity index is 1.57. The van der Waals surface area contributed by atoms with Crippen molar-refractivity contribution in [3.05, 3.63) is 42.1 Å². The normalized spacial score (nSPS) is 18.4. The molecule has 1 fully saturated rings. The Morgan fingerprint density at radius 1 is 1.45 bits per heavy atom. The van der Waals surface area contributed by atoms with Crippen molar-refractivity contribution in [1.82, 2.24) is 14.5 Å². The first-order chi connectivity index (χ1) is 9.83. The monoisotopic (exact) mass is 272 g/mol. The van der Waals surface area contributed by atoms with Crippen LogP contribution in [-0.4, -0.2) is 34.3 Å². The molecule has 1 aliphatic rings. The minimum atomic E-state index is 0.423. The van der Waals surface area contributed by atoms with Crippen molar-refractivity contribution in [3.8, 4) is 0 Å². The SMILES string of the molecule is Cn1cccc1CCNc1cc([C@H]2CCOC2)ncn1. The fraction of sp³-hybridized carbons (Fsp3) is 0.467. The molecule has 0 saturated carbocycles. The smallest absolute Gasteiger partial charge is 0.129 e. The molecule has 0 amide bonds. The van der Waals surface area contributed by atoms with Crippen molar-refractivity contribution >= 4 is 5.82 Å². The van der Waals surface area contributed by atoms with Gasteiger partial charge in [0.2, 0.25) is 0 Å². The number of ether oxygens (including phenoxy) is 1. The zero-order valence-electron chi connectivity index (χ0n) is 11.7. The standard InChI is InChI=1S/C15H20N4O/c1-19-7-2-3-13(19)4-6-16-15-9-14(17-11-18-15)12-5-8-20-10-12/h2-3,7,9,11-12H,4-6,8,10H2,1H3,(H,16,17,18)/t12-/m0/s1. The van der Waals surface area contributed by atoms with Gasteiger partial charge in [-0.15, -0.1) is 0 Å². The molecule has 1 N–H and O–H groups in total. The second-order valence-corrected chi connectivity index (χ2v) is 5.18. The average molecular weight is 272 g/mol. The maximum absolute atomic E-state index is 5.41. The van der Waals surface area contributed by atoms with Crippen LogP contribution >= 0.6 is 0 Å². The molecule has 0 spiro atoms. The summed E-state index contributed by atoms with van der Waals surface area (Å²) in [5.41, 5.74) is 2.40. The number of nitrogens with zero attached hydrogens (tertiary/aromatic N) is 3. The Morgan fingerprint density at radius 3 is 3.15 bits per heavy atom. The van der Waals surface area contributed by atoms with Gasteiger partial charge in [-0.05, 0) is 18.6 Å². The highest BCUT2D eigenvalue weighted by Crippen LogP contribution is 2.24. The summed E-state index contributed by atoms with van der Waals surface area (Å²) in [6.07, 6.45) is 5.74. The topological polar surface area (TPSA) is 52.0 Å². The molecule has 2 aromatic heterocycles. The van der Waals surface area contributed by atoms with Gasteiger partial charge in [0.1, 0.15) is 12.1 Å². The summed E-state index contributed by atoms with van der Waals surface area (Å²) >= 11 is 0. The van der Waals surface area contributed by atoms with E-state index >= 15 is 0 Å². The Labute approximate surface area is 119 Å². The molecule has 5 heteroatoms. The molecule has 0 aliphatic carbocycles. The predicted octanol–water partition coefficient (Wildman–Crippen LogP) is 1.97. The lowest BCUT2D eigenvalue weighted by Gasteiger charge is -2.10. The molecule has 0 unspecified atom stereocenters. The molecule has 20 heavy (non-hydrogen) atoms. The highest BCUT2D eigenvalue weighted by Gasteiger charge is 2.19. The van der Waals surface area contributed by atoms with Gasteiger partial charge in [-0.25, -0.2) is 9.97 Å². The number of aromatic nitrogens is 3. The predicted molar refractivity (Wildman–Crippen MR) is 77.8 cm³/mol. The third kappa shape index (κ3) is 2.99. The van der Waals surface area contributed by atoms with E-state index in [1.165, 1.54) is 5.69 Å². The summed E-state index contributed by atoms with van der Waals surface area (Å²) in [4.78, 5) is 8.64. The van der Waals surface area contributed by atoms with Crippen molar-refractivity contribution in [2.45, 2.75) is 18.8 Å². The quantitative estimate of drug-likeness (QED) is 0.904. The number of anilines is 1. The summed E-state index contributed by atoms with van der Waals surface area (Å²) in [6.45, 7) is 2.49. The Kier molecular flexibility index (Phi) is 3.97. The van der Waals surface area contributed by atoms with E-state index in [0.717, 1.165) is 44.1 Å². The summed E-state index contributed by atoms with van der Waals surface area (Å²) in [6, 6.07) is 6.26. The third-order valence-corrected chi connectivity index (χ3v) is 3.77. The van der Waals surface area contributed by atoms with E-state index in [1.54, 1.807) is 6.33 Å². The van der Waals surface area contributed by atoms with Crippen molar-refractivity contribution in [1.29, 1.82) is 0 Å². The van der Waals surface area contributed by atoms with Gasteiger partial charge in [0.15, 0.2) is 0 Å². The molecule has 0 bridgehead atoms. The van der Waals surface area contributed by atoms with Gasteiger partial charge in [0.25, 0.3) is 0 Å². The molecule has 106 valence electrons. The number of rotatable bonds is 5. The van der Waals surface area contributed by atoms with Gasteiger partial charge in [0, 0.05) is 50.5 Å². The van der Waals surface area contributed by atoms with Crippen molar-refractivity contribution in [2.75, 3.05) is 25.1 Å². The van der Waals surface area contributed by atoms with Crippen LogP contribution in [0.15, 0.2) is 30.7 Å². The minimum absolute atomic E-state index is 0.423. The Morgan fingerprint density at radius 2 is 2.40 bits per heavy atom. The van der Waals surface area contributed by atoms with Gasteiger partial charge in [-0.1, -0.05) is 0 Å². The molecule has 1 saturated heterocycles. The third-order valence-electron chi connectivity index (χ3n) is 3.77. The Bertz CT molecular complexity index is 561. The summed E-state index contributed by atoms with van der Waals surface area (Å²) in [5, 5.41) is 3.37. The minimum Gasteiger partial charge on any atom is -0.381 e. The van der Waals surface area contributed by atoms with E-state index in [9.17, 15) is 0 Å². The highest BCUT2D eigenvalue weighted by atomic mass is 16.5. The molecular formula is C15H20N4O. The van der Waals surface area contributed by atoms with Gasteiger partial charge >= 0.3 is 0 Å². The number of aryl methyl sites for hydroxylation is 1. The lowest BCUT2D eigenvalue weighted by atomic mass is 10.1. The van der Waals surface area contributed by atoms with E-state index in [0.29, 0.717) is 5.92 Å². The summed E-state index contributed by atoms with van der Waals surface area (Å²) in [5.74, 6) is 1.32. The molecule has 1 aliphatic heterocycles. The molecule has 3 rings (SSSR count). The van der Waals surface area contributed by atoms with E-state index in [1.807, 2.05) is 6.07 Å². The zero-order valence-corrected chi connectivity index (χ0v) is 11.7. The van der Waals surface area contributed by atoms with Crippen LogP contribution in [0.1, 0.15) is 23.7 Å². The fourth-order valence-corrected chi connectivity index (χ4v) is 2.53. The first kappa shape index (κ1) is 13.1. The first-order valence-electron chi connectivity index (χ1n) is 7.06. The van der Waals surface area contributed by atoms with Gasteiger partial charge in [0.05, 0.1) is 12.3 Å². The molecule has 2 aromatic rings. The van der Waals surface area contributed by atoms with Crippen molar-refractivity contribution in [3.63, 3.8) is 0 Å². The highest BCUT2D eigenvalue weighted by molar-refractivity contribution is 5.36. The number of nitrogens with one attached hydrogen (secondary N) is 1. The van der Waals surface area contributed by atoms with Crippen LogP contribution in [0.4, 0.5) is 5.82 Å². The molecule has 1 atom stereocenters. The van der Waals surface area contributed by atoms with Crippen LogP contribution in [-0.2, 0) is 18.2 Å².